The highest BCUT2D eigenvalue weighted by Crippen LogP contribution is 2.14. The number of rotatable bonds is 6. The molecule has 0 radical (unpaired) electrons. The monoisotopic (exact) mass is 242 g/mol. The average molecular weight is 242 g/mol. The summed E-state index contributed by atoms with van der Waals surface area (Å²) in [6.07, 6.45) is 0.0917. The number of hydrogen-bond donors (Lipinski definition) is 2. The Bertz CT molecular complexity index is 357. The van der Waals surface area contributed by atoms with Gasteiger partial charge in [-0.25, -0.2) is 4.39 Å². The van der Waals surface area contributed by atoms with Gasteiger partial charge in [-0.05, 0) is 31.4 Å². The summed E-state index contributed by atoms with van der Waals surface area (Å²) in [6, 6.07) is 3.68. The van der Waals surface area contributed by atoms with Crippen molar-refractivity contribution in [1.29, 1.82) is 0 Å². The zero-order valence-electron chi connectivity index (χ0n) is 9.89. The van der Waals surface area contributed by atoms with Crippen molar-refractivity contribution in [1.82, 2.24) is 0 Å². The molecule has 2 N–H and O–H groups in total. The van der Waals surface area contributed by atoms with Crippen LogP contribution in [0.1, 0.15) is 13.8 Å². The van der Waals surface area contributed by atoms with Crippen LogP contribution in [0.4, 0.5) is 4.39 Å². The van der Waals surface area contributed by atoms with Gasteiger partial charge in [0.1, 0.15) is 6.61 Å². The Morgan fingerprint density at radius 2 is 2.00 bits per heavy atom. The van der Waals surface area contributed by atoms with Crippen molar-refractivity contribution in [3.63, 3.8) is 0 Å². The fourth-order valence-electron chi connectivity index (χ4n) is 1.23. The van der Waals surface area contributed by atoms with Crippen LogP contribution in [0.3, 0.4) is 0 Å². The second-order valence-electron chi connectivity index (χ2n) is 3.83. The van der Waals surface area contributed by atoms with Crippen LogP contribution < -0.4 is 10.2 Å². The van der Waals surface area contributed by atoms with Crippen molar-refractivity contribution in [2.75, 3.05) is 13.2 Å². The molecule has 0 aliphatic rings. The van der Waals surface area contributed by atoms with Gasteiger partial charge < -0.3 is 19.5 Å². The van der Waals surface area contributed by atoms with E-state index in [4.69, 9.17) is 19.5 Å². The van der Waals surface area contributed by atoms with E-state index in [0.717, 1.165) is 6.07 Å². The standard InChI is InChI=1S/C11H16BFO4/c1-8(2)16-5-6-17-11-7-9(12(14)15)3-4-10(11)13/h3-4,7-8,14-15H,5-6H2,1-2H3. The maximum atomic E-state index is 13.3. The molecule has 0 atom stereocenters. The Kier molecular flexibility index (Phi) is 5.41. The molecule has 0 fully saturated rings. The molecule has 0 saturated carbocycles. The van der Waals surface area contributed by atoms with Crippen molar-refractivity contribution in [2.45, 2.75) is 20.0 Å². The van der Waals surface area contributed by atoms with Crippen molar-refractivity contribution in [2.24, 2.45) is 0 Å². The molecule has 0 aliphatic carbocycles. The smallest absolute Gasteiger partial charge is 0.488 e. The predicted octanol–water partition coefficient (Wildman–Crippen LogP) is 0.309. The van der Waals surface area contributed by atoms with Crippen molar-refractivity contribution >= 4 is 12.6 Å². The van der Waals surface area contributed by atoms with E-state index in [-0.39, 0.29) is 23.9 Å². The molecule has 94 valence electrons. The summed E-state index contributed by atoms with van der Waals surface area (Å²) in [4.78, 5) is 0. The fourth-order valence-corrected chi connectivity index (χ4v) is 1.23. The van der Waals surface area contributed by atoms with E-state index in [1.807, 2.05) is 13.8 Å². The normalized spacial score (nSPS) is 10.7. The molecule has 0 heterocycles. The van der Waals surface area contributed by atoms with E-state index in [0.29, 0.717) is 6.61 Å². The van der Waals surface area contributed by atoms with Crippen LogP contribution in [0.15, 0.2) is 18.2 Å². The van der Waals surface area contributed by atoms with E-state index in [2.05, 4.69) is 0 Å². The van der Waals surface area contributed by atoms with E-state index in [1.54, 1.807) is 0 Å². The number of hydrogen-bond acceptors (Lipinski definition) is 4. The molecular formula is C11H16BFO4. The SMILES string of the molecule is CC(C)OCCOc1cc(B(O)O)ccc1F. The zero-order valence-corrected chi connectivity index (χ0v) is 9.89. The lowest BCUT2D eigenvalue weighted by atomic mass is 9.80. The molecule has 0 spiro atoms. The molecule has 4 nitrogen and oxygen atoms in total. The molecule has 0 bridgehead atoms. The third-order valence-corrected chi connectivity index (χ3v) is 2.05. The molecule has 0 unspecified atom stereocenters. The van der Waals surface area contributed by atoms with Crippen molar-refractivity contribution in [3.8, 4) is 5.75 Å². The van der Waals surface area contributed by atoms with Gasteiger partial charge in [0.25, 0.3) is 0 Å². The number of benzene rings is 1. The summed E-state index contributed by atoms with van der Waals surface area (Å²) in [6.45, 7) is 4.34. The van der Waals surface area contributed by atoms with Crippen LogP contribution in [0, 0.1) is 5.82 Å². The first-order valence-electron chi connectivity index (χ1n) is 5.40. The minimum Gasteiger partial charge on any atom is -0.488 e. The minimum atomic E-state index is -1.63. The summed E-state index contributed by atoms with van der Waals surface area (Å²) in [5.74, 6) is -0.554. The van der Waals surface area contributed by atoms with Crippen LogP contribution in [-0.2, 0) is 4.74 Å². The van der Waals surface area contributed by atoms with Gasteiger partial charge in [0.2, 0.25) is 0 Å². The molecule has 1 rings (SSSR count). The highest BCUT2D eigenvalue weighted by Gasteiger charge is 2.14. The van der Waals surface area contributed by atoms with Gasteiger partial charge in [-0.1, -0.05) is 6.07 Å². The molecule has 6 heteroatoms. The molecule has 1 aromatic rings. The van der Waals surface area contributed by atoms with E-state index >= 15 is 0 Å². The summed E-state index contributed by atoms with van der Waals surface area (Å²) in [7, 11) is -1.63. The highest BCUT2D eigenvalue weighted by atomic mass is 19.1. The third kappa shape index (κ3) is 4.72. The zero-order chi connectivity index (χ0) is 12.8. The molecule has 0 amide bonds. The summed E-state index contributed by atoms with van der Waals surface area (Å²) < 4.78 is 23.7. The third-order valence-electron chi connectivity index (χ3n) is 2.05. The van der Waals surface area contributed by atoms with Gasteiger partial charge in [-0.15, -0.1) is 0 Å². The average Bonchev–Trinajstić information content (AvgIpc) is 2.25. The van der Waals surface area contributed by atoms with Gasteiger partial charge in [0.05, 0.1) is 12.7 Å². The van der Waals surface area contributed by atoms with E-state index < -0.39 is 12.9 Å². The van der Waals surface area contributed by atoms with Gasteiger partial charge in [-0.3, -0.25) is 0 Å². The van der Waals surface area contributed by atoms with Crippen LogP contribution in [0.2, 0.25) is 0 Å². The Morgan fingerprint density at radius 1 is 1.29 bits per heavy atom. The second-order valence-corrected chi connectivity index (χ2v) is 3.83. The van der Waals surface area contributed by atoms with Crippen LogP contribution in [0.25, 0.3) is 0 Å². The maximum Gasteiger partial charge on any atom is 0.488 e. The first-order chi connectivity index (χ1) is 8.00. The number of ether oxygens (including phenoxy) is 2. The molecule has 0 aromatic heterocycles. The van der Waals surface area contributed by atoms with Crippen LogP contribution in [-0.4, -0.2) is 36.5 Å². The quantitative estimate of drug-likeness (QED) is 0.556. The van der Waals surface area contributed by atoms with Crippen LogP contribution in [0.5, 0.6) is 5.75 Å². The van der Waals surface area contributed by atoms with Crippen molar-refractivity contribution in [3.05, 3.63) is 24.0 Å². The highest BCUT2D eigenvalue weighted by molar-refractivity contribution is 6.58. The summed E-state index contributed by atoms with van der Waals surface area (Å²) in [5, 5.41) is 17.9. The fraction of sp³-hybridized carbons (Fsp3) is 0.455. The van der Waals surface area contributed by atoms with E-state index in [9.17, 15) is 4.39 Å². The van der Waals surface area contributed by atoms with Gasteiger partial charge in [0, 0.05) is 0 Å². The Balaban J connectivity index is 2.54. The lowest BCUT2D eigenvalue weighted by Gasteiger charge is -2.10. The summed E-state index contributed by atoms with van der Waals surface area (Å²) >= 11 is 0. The van der Waals surface area contributed by atoms with Gasteiger partial charge in [0.15, 0.2) is 11.6 Å². The maximum absolute atomic E-state index is 13.3. The molecule has 0 aliphatic heterocycles. The minimum absolute atomic E-state index is 0.0112. The molecule has 1 aromatic carbocycles. The van der Waals surface area contributed by atoms with Crippen molar-refractivity contribution < 1.29 is 23.9 Å². The summed E-state index contributed by atoms with van der Waals surface area (Å²) in [5.41, 5.74) is 0.186. The Morgan fingerprint density at radius 3 is 2.59 bits per heavy atom. The first-order valence-corrected chi connectivity index (χ1v) is 5.40. The number of halogens is 1. The largest absolute Gasteiger partial charge is 0.488 e. The second kappa shape index (κ2) is 6.59. The Labute approximate surface area is 100 Å². The van der Waals surface area contributed by atoms with Gasteiger partial charge in [-0.2, -0.15) is 0 Å². The van der Waals surface area contributed by atoms with Gasteiger partial charge >= 0.3 is 7.12 Å². The lowest BCUT2D eigenvalue weighted by Crippen LogP contribution is -2.30. The van der Waals surface area contributed by atoms with E-state index in [1.165, 1.54) is 12.1 Å². The lowest BCUT2D eigenvalue weighted by molar-refractivity contribution is 0.0544. The Hall–Kier alpha value is -1.11. The topological polar surface area (TPSA) is 58.9 Å². The predicted molar refractivity (Wildman–Crippen MR) is 62.8 cm³/mol. The molecular weight excluding hydrogens is 226 g/mol. The first kappa shape index (κ1) is 14.0. The molecule has 17 heavy (non-hydrogen) atoms. The van der Waals surface area contributed by atoms with Crippen LogP contribution >= 0.6 is 0 Å². The molecule has 0 saturated heterocycles.